The number of rotatable bonds is 4. The summed E-state index contributed by atoms with van der Waals surface area (Å²) in [5, 5.41) is 17.2. The first-order valence-electron chi connectivity index (χ1n) is 8.62. The number of nitriles is 1. The summed E-state index contributed by atoms with van der Waals surface area (Å²) in [7, 11) is 0. The third-order valence-electron chi connectivity index (χ3n) is 5.33. The molecule has 2 bridgehead atoms. The van der Waals surface area contributed by atoms with Crippen LogP contribution in [-0.2, 0) is 4.74 Å². The van der Waals surface area contributed by atoms with Crippen molar-refractivity contribution in [2.45, 2.75) is 57.4 Å². The van der Waals surface area contributed by atoms with Gasteiger partial charge in [0.05, 0.1) is 35.7 Å². The average molecular weight is 322 g/mol. The average Bonchev–Trinajstić information content (AvgIpc) is 3.30. The van der Waals surface area contributed by atoms with E-state index < -0.39 is 0 Å². The normalized spacial score (nSPS) is 26.5. The van der Waals surface area contributed by atoms with Crippen molar-refractivity contribution in [3.8, 4) is 11.8 Å². The van der Waals surface area contributed by atoms with Crippen LogP contribution in [0.1, 0.15) is 49.0 Å². The van der Waals surface area contributed by atoms with E-state index in [1.165, 1.54) is 18.4 Å². The standard InChI is InChI=1S/C19H22N4O/c1-12(22-18-9-16-7-8-19(18)24-16)17-11-21-23(13(17)2)15-5-3-14(10-20)4-6-15/h3-6,11-12,16,18-19,22H,7-9H2,1-2H3/t12-,16+,18-,19+/m0/s1. The molecule has 5 nitrogen and oxygen atoms in total. The first-order valence-corrected chi connectivity index (χ1v) is 8.62. The van der Waals surface area contributed by atoms with Crippen LogP contribution < -0.4 is 5.32 Å². The largest absolute Gasteiger partial charge is 0.373 e. The first kappa shape index (κ1) is 15.4. The maximum absolute atomic E-state index is 8.92. The lowest BCUT2D eigenvalue weighted by Gasteiger charge is -2.24. The second kappa shape index (κ2) is 6.04. The minimum Gasteiger partial charge on any atom is -0.373 e. The maximum atomic E-state index is 8.92. The van der Waals surface area contributed by atoms with Crippen LogP contribution in [0.2, 0.25) is 0 Å². The van der Waals surface area contributed by atoms with Crippen LogP contribution >= 0.6 is 0 Å². The lowest BCUT2D eigenvalue weighted by atomic mass is 9.94. The van der Waals surface area contributed by atoms with Gasteiger partial charge in [-0.15, -0.1) is 0 Å². The number of nitrogens with zero attached hydrogens (tertiary/aromatic N) is 3. The Morgan fingerprint density at radius 2 is 2.12 bits per heavy atom. The van der Waals surface area contributed by atoms with Gasteiger partial charge in [-0.3, -0.25) is 0 Å². The number of hydrogen-bond donors (Lipinski definition) is 1. The first-order chi connectivity index (χ1) is 11.7. The van der Waals surface area contributed by atoms with Gasteiger partial charge in [0.1, 0.15) is 0 Å². The van der Waals surface area contributed by atoms with Gasteiger partial charge in [-0.2, -0.15) is 10.4 Å². The summed E-state index contributed by atoms with van der Waals surface area (Å²) in [4.78, 5) is 0. The Morgan fingerprint density at radius 3 is 2.75 bits per heavy atom. The van der Waals surface area contributed by atoms with Crippen molar-refractivity contribution in [3.05, 3.63) is 47.3 Å². The molecule has 3 heterocycles. The maximum Gasteiger partial charge on any atom is 0.0991 e. The van der Waals surface area contributed by atoms with Gasteiger partial charge in [-0.05, 0) is 57.4 Å². The van der Waals surface area contributed by atoms with Crippen molar-refractivity contribution in [3.63, 3.8) is 0 Å². The molecule has 2 aliphatic heterocycles. The number of hydrogen-bond acceptors (Lipinski definition) is 4. The molecule has 0 spiro atoms. The van der Waals surface area contributed by atoms with Crippen LogP contribution in [0.15, 0.2) is 30.5 Å². The molecule has 4 rings (SSSR count). The molecule has 1 aromatic carbocycles. The van der Waals surface area contributed by atoms with Gasteiger partial charge < -0.3 is 10.1 Å². The summed E-state index contributed by atoms with van der Waals surface area (Å²) < 4.78 is 7.88. The van der Waals surface area contributed by atoms with E-state index in [0.29, 0.717) is 23.8 Å². The molecule has 1 aromatic heterocycles. The Morgan fingerprint density at radius 1 is 1.33 bits per heavy atom. The number of nitrogens with one attached hydrogen (secondary N) is 1. The predicted molar refractivity (Wildman–Crippen MR) is 90.9 cm³/mol. The SMILES string of the molecule is Cc1c([C@H](C)N[C@H]2C[C@H]3CC[C@H]2O3)cnn1-c1ccc(C#N)cc1. The van der Waals surface area contributed by atoms with Gasteiger partial charge >= 0.3 is 0 Å². The lowest BCUT2D eigenvalue weighted by molar-refractivity contribution is 0.0962. The Labute approximate surface area is 142 Å². The highest BCUT2D eigenvalue weighted by Gasteiger charge is 2.41. The highest BCUT2D eigenvalue weighted by atomic mass is 16.5. The Hall–Kier alpha value is -2.16. The van der Waals surface area contributed by atoms with Gasteiger partial charge in [0.15, 0.2) is 0 Å². The third kappa shape index (κ3) is 2.62. The zero-order valence-corrected chi connectivity index (χ0v) is 14.1. The summed E-state index contributed by atoms with van der Waals surface area (Å²) in [6.45, 7) is 4.29. The van der Waals surface area contributed by atoms with Crippen LogP contribution in [0.4, 0.5) is 0 Å². The number of fused-ring (bicyclic) bond motifs is 2. The quantitative estimate of drug-likeness (QED) is 0.940. The van der Waals surface area contributed by atoms with Crippen LogP contribution in [0.25, 0.3) is 5.69 Å². The molecule has 0 saturated carbocycles. The Kier molecular flexibility index (Phi) is 3.87. The van der Waals surface area contributed by atoms with Crippen LogP contribution in [0.3, 0.4) is 0 Å². The van der Waals surface area contributed by atoms with Gasteiger partial charge in [0.25, 0.3) is 0 Å². The van der Waals surface area contributed by atoms with E-state index in [1.54, 1.807) is 0 Å². The summed E-state index contributed by atoms with van der Waals surface area (Å²) >= 11 is 0. The van der Waals surface area contributed by atoms with Crippen molar-refractivity contribution in [1.29, 1.82) is 5.26 Å². The molecule has 0 radical (unpaired) electrons. The molecule has 0 aliphatic carbocycles. The lowest BCUT2D eigenvalue weighted by Crippen LogP contribution is -2.39. The minimum absolute atomic E-state index is 0.241. The highest BCUT2D eigenvalue weighted by molar-refractivity contribution is 5.41. The molecule has 2 aliphatic rings. The fraction of sp³-hybridized carbons (Fsp3) is 0.474. The van der Waals surface area contributed by atoms with E-state index in [4.69, 9.17) is 10.00 Å². The second-order valence-corrected chi connectivity index (χ2v) is 6.86. The second-order valence-electron chi connectivity index (χ2n) is 6.86. The van der Waals surface area contributed by atoms with E-state index >= 15 is 0 Å². The topological polar surface area (TPSA) is 62.9 Å². The fourth-order valence-electron chi connectivity index (χ4n) is 4.01. The van der Waals surface area contributed by atoms with Gasteiger partial charge in [-0.25, -0.2) is 4.68 Å². The predicted octanol–water partition coefficient (Wildman–Crippen LogP) is 3.02. The molecule has 5 heteroatoms. The molecule has 2 fully saturated rings. The minimum atomic E-state index is 0.241. The zero-order valence-electron chi connectivity index (χ0n) is 14.1. The van der Waals surface area contributed by atoms with Crippen molar-refractivity contribution in [2.24, 2.45) is 0 Å². The number of aromatic nitrogens is 2. The molecule has 124 valence electrons. The molecule has 2 saturated heterocycles. The Balaban J connectivity index is 1.52. The summed E-state index contributed by atoms with van der Waals surface area (Å²) in [6, 6.07) is 10.4. The van der Waals surface area contributed by atoms with Crippen molar-refractivity contribution < 1.29 is 4.74 Å². The van der Waals surface area contributed by atoms with Crippen LogP contribution in [0.5, 0.6) is 0 Å². The van der Waals surface area contributed by atoms with Gasteiger partial charge in [0.2, 0.25) is 0 Å². The van der Waals surface area contributed by atoms with E-state index in [2.05, 4.69) is 30.3 Å². The summed E-state index contributed by atoms with van der Waals surface area (Å²) in [5.41, 5.74) is 3.98. The molecule has 24 heavy (non-hydrogen) atoms. The third-order valence-corrected chi connectivity index (χ3v) is 5.33. The monoisotopic (exact) mass is 322 g/mol. The van der Waals surface area contributed by atoms with Crippen molar-refractivity contribution in [1.82, 2.24) is 15.1 Å². The summed E-state index contributed by atoms with van der Waals surface area (Å²) in [6.07, 6.45) is 6.30. The Bertz CT molecular complexity index is 774. The molecule has 4 atom stereocenters. The molecule has 2 aromatic rings. The van der Waals surface area contributed by atoms with E-state index in [9.17, 15) is 0 Å². The van der Waals surface area contributed by atoms with Gasteiger partial charge in [0, 0.05) is 23.3 Å². The molecule has 0 amide bonds. The van der Waals surface area contributed by atoms with E-state index in [1.807, 2.05) is 35.1 Å². The van der Waals surface area contributed by atoms with Crippen LogP contribution in [-0.4, -0.2) is 28.0 Å². The van der Waals surface area contributed by atoms with E-state index in [0.717, 1.165) is 17.8 Å². The van der Waals surface area contributed by atoms with Crippen molar-refractivity contribution in [2.75, 3.05) is 0 Å². The zero-order chi connectivity index (χ0) is 16.7. The van der Waals surface area contributed by atoms with Crippen molar-refractivity contribution >= 4 is 0 Å². The van der Waals surface area contributed by atoms with E-state index in [-0.39, 0.29) is 6.04 Å². The molecular formula is C19H22N4O. The molecular weight excluding hydrogens is 300 g/mol. The molecule has 0 unspecified atom stereocenters. The summed E-state index contributed by atoms with van der Waals surface area (Å²) in [5.74, 6) is 0. The number of benzene rings is 1. The smallest absolute Gasteiger partial charge is 0.0991 e. The molecule has 1 N–H and O–H groups in total. The van der Waals surface area contributed by atoms with Crippen LogP contribution in [0, 0.1) is 18.3 Å². The fourth-order valence-corrected chi connectivity index (χ4v) is 4.01. The number of ether oxygens (including phenoxy) is 1. The van der Waals surface area contributed by atoms with Gasteiger partial charge in [-0.1, -0.05) is 0 Å². The highest BCUT2D eigenvalue weighted by Crippen LogP contribution is 2.35.